The lowest BCUT2D eigenvalue weighted by molar-refractivity contribution is -0.123. The molecule has 0 aromatic heterocycles. The molecule has 0 saturated carbocycles. The summed E-state index contributed by atoms with van der Waals surface area (Å²) >= 11 is 0. The van der Waals surface area contributed by atoms with E-state index in [-0.39, 0.29) is 41.5 Å². The Morgan fingerprint density at radius 2 is 1.54 bits per heavy atom. The van der Waals surface area contributed by atoms with E-state index in [1.807, 2.05) is 30.3 Å². The third kappa shape index (κ3) is 4.00. The summed E-state index contributed by atoms with van der Waals surface area (Å²) in [5.74, 6) is -2.82. The number of allylic oxidation sites excluding steroid dienone is 6. The first kappa shape index (κ1) is 25.7. The number of fused-ring (bicyclic) bond motifs is 3. The number of carbonyl (C=O) groups is 4. The van der Waals surface area contributed by atoms with Gasteiger partial charge in [-0.3, -0.25) is 24.1 Å². The molecule has 2 heterocycles. The fraction of sp³-hybridized carbons (Fsp3) is 0.333. The van der Waals surface area contributed by atoms with Gasteiger partial charge in [0, 0.05) is 41.4 Å². The van der Waals surface area contributed by atoms with Gasteiger partial charge in [0.05, 0.1) is 30.7 Å². The van der Waals surface area contributed by atoms with E-state index in [1.165, 1.54) is 11.0 Å². The van der Waals surface area contributed by atoms with Gasteiger partial charge in [0.1, 0.15) is 5.75 Å². The second kappa shape index (κ2) is 9.66. The van der Waals surface area contributed by atoms with Crippen molar-refractivity contribution in [1.29, 1.82) is 0 Å². The first-order valence-corrected chi connectivity index (χ1v) is 14.1. The highest BCUT2D eigenvalue weighted by Crippen LogP contribution is 2.55. The van der Waals surface area contributed by atoms with Gasteiger partial charge in [-0.05, 0) is 73.7 Å². The molecule has 2 fully saturated rings. The summed E-state index contributed by atoms with van der Waals surface area (Å²) in [5, 5.41) is 9.91. The molecule has 41 heavy (non-hydrogen) atoms. The minimum absolute atomic E-state index is 0.0987. The van der Waals surface area contributed by atoms with Gasteiger partial charge in [0.25, 0.3) is 0 Å². The Morgan fingerprint density at radius 1 is 0.854 bits per heavy atom. The number of hydrogen-bond donors (Lipinski definition) is 1. The highest BCUT2D eigenvalue weighted by Gasteiger charge is 2.56. The number of imide groups is 1. The van der Waals surface area contributed by atoms with Crippen LogP contribution in [0.25, 0.3) is 0 Å². The van der Waals surface area contributed by atoms with E-state index < -0.39 is 17.8 Å². The molecule has 1 N–H and O–H groups in total. The highest BCUT2D eigenvalue weighted by atomic mass is 16.5. The van der Waals surface area contributed by atoms with Crippen molar-refractivity contribution >= 4 is 34.8 Å². The lowest BCUT2D eigenvalue weighted by atomic mass is 9.59. The normalized spacial score (nSPS) is 27.8. The summed E-state index contributed by atoms with van der Waals surface area (Å²) in [4.78, 5) is 58.1. The summed E-state index contributed by atoms with van der Waals surface area (Å²) in [6.45, 7) is 4.55. The van der Waals surface area contributed by atoms with E-state index >= 15 is 0 Å². The quantitative estimate of drug-likeness (QED) is 0.352. The molecule has 0 spiro atoms. The number of ketones is 2. The number of anilines is 2. The zero-order valence-electron chi connectivity index (χ0n) is 22.7. The lowest BCUT2D eigenvalue weighted by Gasteiger charge is -2.42. The van der Waals surface area contributed by atoms with Crippen LogP contribution in [0.15, 0.2) is 83.0 Å². The molecule has 8 nitrogen and oxygen atoms in total. The SMILES string of the molecule is CC1=CC(=O)C2=C(CC3C(=CCC4C(=O)N(c5ccc(N6CCOCC6)cc5)C(=O)C43)C2c2ccc(O)cc2)C1=O. The van der Waals surface area contributed by atoms with Gasteiger partial charge in [-0.25, -0.2) is 0 Å². The van der Waals surface area contributed by atoms with Crippen LogP contribution in [0, 0.1) is 17.8 Å². The average Bonchev–Trinajstić information content (AvgIpc) is 3.25. The molecule has 5 aliphatic rings. The monoisotopic (exact) mass is 550 g/mol. The zero-order valence-corrected chi connectivity index (χ0v) is 22.7. The fourth-order valence-corrected chi connectivity index (χ4v) is 7.32. The Morgan fingerprint density at radius 3 is 2.24 bits per heavy atom. The number of morpholine rings is 1. The van der Waals surface area contributed by atoms with Gasteiger partial charge in [-0.2, -0.15) is 0 Å². The van der Waals surface area contributed by atoms with Crippen LogP contribution in [-0.4, -0.2) is 54.8 Å². The zero-order chi connectivity index (χ0) is 28.4. The molecule has 2 aliphatic heterocycles. The average molecular weight is 551 g/mol. The molecule has 0 radical (unpaired) electrons. The number of rotatable bonds is 3. The van der Waals surface area contributed by atoms with E-state index in [9.17, 15) is 24.3 Å². The molecule has 8 heteroatoms. The molecular formula is C33H30N2O6. The highest BCUT2D eigenvalue weighted by molar-refractivity contribution is 6.25. The van der Waals surface area contributed by atoms with Gasteiger partial charge >= 0.3 is 0 Å². The summed E-state index contributed by atoms with van der Waals surface area (Å²) < 4.78 is 5.44. The molecule has 2 aromatic carbocycles. The predicted octanol–water partition coefficient (Wildman–Crippen LogP) is 3.86. The van der Waals surface area contributed by atoms with Crippen molar-refractivity contribution in [3.05, 3.63) is 88.5 Å². The molecule has 2 saturated heterocycles. The molecule has 2 amide bonds. The van der Waals surface area contributed by atoms with Gasteiger partial charge in [-0.15, -0.1) is 0 Å². The number of nitrogens with zero attached hydrogens (tertiary/aromatic N) is 2. The molecule has 4 unspecified atom stereocenters. The van der Waals surface area contributed by atoms with Crippen molar-refractivity contribution in [2.24, 2.45) is 17.8 Å². The second-order valence-corrected chi connectivity index (χ2v) is 11.4. The van der Waals surface area contributed by atoms with Gasteiger partial charge in [-0.1, -0.05) is 23.8 Å². The number of Topliss-reactive ketones (excluding diaryl/α,β-unsaturated/α-hetero) is 1. The summed E-state index contributed by atoms with van der Waals surface area (Å²) in [7, 11) is 0. The smallest absolute Gasteiger partial charge is 0.238 e. The lowest BCUT2D eigenvalue weighted by Crippen LogP contribution is -2.39. The maximum absolute atomic E-state index is 14.1. The Kier molecular flexibility index (Phi) is 6.05. The van der Waals surface area contributed by atoms with Crippen molar-refractivity contribution in [2.75, 3.05) is 36.1 Å². The maximum Gasteiger partial charge on any atom is 0.238 e. The third-order valence-electron chi connectivity index (χ3n) is 9.27. The molecule has 208 valence electrons. The van der Waals surface area contributed by atoms with Gasteiger partial charge in [0.2, 0.25) is 11.8 Å². The Bertz CT molecular complexity index is 1580. The molecule has 0 bridgehead atoms. The Hall–Kier alpha value is -4.30. The van der Waals surface area contributed by atoms with Crippen molar-refractivity contribution < 1.29 is 29.0 Å². The van der Waals surface area contributed by atoms with Crippen LogP contribution in [-0.2, 0) is 23.9 Å². The van der Waals surface area contributed by atoms with Gasteiger partial charge < -0.3 is 14.7 Å². The minimum Gasteiger partial charge on any atom is -0.508 e. The number of aromatic hydroxyl groups is 1. The van der Waals surface area contributed by atoms with E-state index in [0.29, 0.717) is 42.0 Å². The third-order valence-corrected chi connectivity index (χ3v) is 9.27. The van der Waals surface area contributed by atoms with E-state index in [0.717, 1.165) is 29.9 Å². The number of ether oxygens (including phenoxy) is 1. The molecular weight excluding hydrogens is 520 g/mol. The first-order valence-electron chi connectivity index (χ1n) is 14.1. The van der Waals surface area contributed by atoms with E-state index in [2.05, 4.69) is 4.90 Å². The summed E-state index contributed by atoms with van der Waals surface area (Å²) in [6, 6.07) is 14.2. The van der Waals surface area contributed by atoms with Crippen LogP contribution in [0.3, 0.4) is 0 Å². The molecule has 3 aliphatic carbocycles. The molecule has 4 atom stereocenters. The van der Waals surface area contributed by atoms with E-state index in [4.69, 9.17) is 4.74 Å². The summed E-state index contributed by atoms with van der Waals surface area (Å²) in [5.41, 5.74) is 4.49. The van der Waals surface area contributed by atoms with Crippen LogP contribution in [0.4, 0.5) is 11.4 Å². The fourth-order valence-electron chi connectivity index (χ4n) is 7.32. The van der Waals surface area contributed by atoms with Crippen molar-refractivity contribution in [3.8, 4) is 5.75 Å². The first-order chi connectivity index (χ1) is 19.8. The number of carbonyl (C=O) groups excluding carboxylic acids is 4. The Balaban J connectivity index is 1.26. The van der Waals surface area contributed by atoms with Gasteiger partial charge in [0.15, 0.2) is 11.6 Å². The Labute approximate surface area is 237 Å². The minimum atomic E-state index is -0.621. The number of phenolic OH excluding ortho intramolecular Hbond substituents is 1. The van der Waals surface area contributed by atoms with Crippen LogP contribution >= 0.6 is 0 Å². The van der Waals surface area contributed by atoms with E-state index in [1.54, 1.807) is 31.2 Å². The standard InChI is InChI=1S/C33H30N2O6/c1-18-16-27(37)30-26(31(18)38)17-25-23(28(30)19-2-8-22(36)9-3-19)10-11-24-29(25)33(40)35(32(24)39)21-6-4-20(5-7-21)34-12-14-41-15-13-34/h2-10,16,24-25,28-29,36H,11-15,17H2,1H3. The second-order valence-electron chi connectivity index (χ2n) is 11.4. The van der Waals surface area contributed by atoms with Crippen LogP contribution in [0.5, 0.6) is 5.75 Å². The van der Waals surface area contributed by atoms with Crippen LogP contribution in [0.1, 0.15) is 31.2 Å². The molecule has 7 rings (SSSR count). The maximum atomic E-state index is 14.1. The summed E-state index contributed by atoms with van der Waals surface area (Å²) in [6.07, 6.45) is 4.03. The number of amides is 2. The van der Waals surface area contributed by atoms with Crippen molar-refractivity contribution in [3.63, 3.8) is 0 Å². The van der Waals surface area contributed by atoms with Crippen molar-refractivity contribution in [2.45, 2.75) is 25.7 Å². The van der Waals surface area contributed by atoms with Crippen molar-refractivity contribution in [1.82, 2.24) is 0 Å². The molecule has 2 aromatic rings. The predicted molar refractivity (Wildman–Crippen MR) is 151 cm³/mol. The number of hydrogen-bond acceptors (Lipinski definition) is 7. The van der Waals surface area contributed by atoms with Crippen LogP contribution < -0.4 is 9.80 Å². The number of benzene rings is 2. The van der Waals surface area contributed by atoms with Crippen LogP contribution in [0.2, 0.25) is 0 Å². The number of phenols is 1. The topological polar surface area (TPSA) is 104 Å². The largest absolute Gasteiger partial charge is 0.508 e.